The number of rotatable bonds is 10. The third kappa shape index (κ3) is 7.77. The Morgan fingerprint density at radius 3 is 1.79 bits per heavy atom. The van der Waals surface area contributed by atoms with E-state index in [0.717, 1.165) is 62.8 Å². The van der Waals surface area contributed by atoms with Gasteiger partial charge >= 0.3 is 0 Å². The van der Waals surface area contributed by atoms with Crippen LogP contribution < -0.4 is 14.5 Å². The number of nitrogens with zero attached hydrogens (tertiary/aromatic N) is 4. The van der Waals surface area contributed by atoms with Crippen LogP contribution in [0.4, 0.5) is 22.7 Å². The van der Waals surface area contributed by atoms with E-state index in [1.165, 1.54) is 115 Å². The predicted molar refractivity (Wildman–Crippen MR) is 339 cm³/mol. The standard InChI is InChI=1S/C77H64N4O/c1-49-36-50(2)75(51(3)37-49)57-43-61(79-48-80(72-31-15-14-30-71(72)79)76-65(55-18-6-4-7-19-55)26-17-27-66(76)56-20-8-5-9-21-56)46-63(44-57)82-62-32-33-68-67-25-12-13-29-70(67)81(73(68)47-62)74-45-58(34-35-78-74)77(59-39-52-38-53(41-59)42-60(77)40-52)69-28-16-23-54-22-10-11-24-64(54)69/h4-37,43-47,52-53,59-60H,38-42,48H2,1-3H3. The molecule has 0 unspecified atom stereocenters. The van der Waals surface area contributed by atoms with Crippen LogP contribution in [-0.4, -0.2) is 16.2 Å². The van der Waals surface area contributed by atoms with Crippen LogP contribution in [0.15, 0.2) is 237 Å². The van der Waals surface area contributed by atoms with Crippen molar-refractivity contribution in [3.63, 3.8) is 0 Å². The summed E-state index contributed by atoms with van der Waals surface area (Å²) in [5.74, 6) is 5.34. The quantitative estimate of drug-likeness (QED) is 0.137. The minimum atomic E-state index is -0.0990. The SMILES string of the molecule is Cc1cc(C)c(-c2cc(Oc3ccc4c5ccccc5n(-c5cc(C6(c7cccc8ccccc78)C7CC8CC(C7)CC6C8)ccn5)c4c3)cc(N3CN(c4c(-c5ccccc5)cccc4-c4ccccc4)c4ccccc43)c2)c(C)c1. The third-order valence-corrected chi connectivity index (χ3v) is 19.4. The summed E-state index contributed by atoms with van der Waals surface area (Å²) in [6, 6.07) is 85.2. The molecule has 0 radical (unpaired) electrons. The Labute approximate surface area is 480 Å². The number of hydrogen-bond donors (Lipinski definition) is 0. The van der Waals surface area contributed by atoms with Gasteiger partial charge in [-0.25, -0.2) is 4.98 Å². The van der Waals surface area contributed by atoms with Gasteiger partial charge in [-0.3, -0.25) is 4.57 Å². The van der Waals surface area contributed by atoms with Crippen molar-refractivity contribution in [1.82, 2.24) is 9.55 Å². The highest BCUT2D eigenvalue weighted by molar-refractivity contribution is 6.09. The van der Waals surface area contributed by atoms with E-state index in [9.17, 15) is 0 Å². The molecule has 5 heteroatoms. The number of ether oxygens (including phenoxy) is 1. The molecular weight excluding hydrogens is 997 g/mol. The number of hydrogen-bond acceptors (Lipinski definition) is 4. The van der Waals surface area contributed by atoms with E-state index >= 15 is 0 Å². The smallest absolute Gasteiger partial charge is 0.137 e. The summed E-state index contributed by atoms with van der Waals surface area (Å²) in [7, 11) is 0. The van der Waals surface area contributed by atoms with Crippen molar-refractivity contribution in [3.8, 4) is 50.7 Å². The summed E-state index contributed by atoms with van der Waals surface area (Å²) in [4.78, 5) is 10.3. The highest BCUT2D eigenvalue weighted by Crippen LogP contribution is 2.66. The lowest BCUT2D eigenvalue weighted by Crippen LogP contribution is -2.56. The van der Waals surface area contributed by atoms with Crippen LogP contribution in [0.5, 0.6) is 11.5 Å². The Kier molecular flexibility index (Phi) is 11.4. The summed E-state index contributed by atoms with van der Waals surface area (Å²) in [5.41, 5.74) is 20.4. The maximum absolute atomic E-state index is 7.32. The molecule has 4 aliphatic carbocycles. The van der Waals surface area contributed by atoms with Crippen molar-refractivity contribution in [3.05, 3.63) is 265 Å². The lowest BCUT2D eigenvalue weighted by atomic mass is 9.42. The molecule has 2 aromatic heterocycles. The van der Waals surface area contributed by atoms with Gasteiger partial charge in [0.25, 0.3) is 0 Å². The second-order valence-corrected chi connectivity index (χ2v) is 24.1. The summed E-state index contributed by atoms with van der Waals surface area (Å²) in [5, 5.41) is 5.10. The van der Waals surface area contributed by atoms with Gasteiger partial charge in [-0.2, -0.15) is 0 Å². The van der Waals surface area contributed by atoms with E-state index in [2.05, 4.69) is 272 Å². The maximum Gasteiger partial charge on any atom is 0.137 e. The Hall–Kier alpha value is -9.19. The van der Waals surface area contributed by atoms with Crippen LogP contribution in [0, 0.1) is 44.4 Å². The van der Waals surface area contributed by atoms with E-state index in [1.807, 2.05) is 0 Å². The molecule has 10 aromatic carbocycles. The monoisotopic (exact) mass is 1060 g/mol. The van der Waals surface area contributed by atoms with Gasteiger partial charge in [-0.15, -0.1) is 0 Å². The molecular formula is C77H64N4O. The van der Waals surface area contributed by atoms with Crippen LogP contribution in [0.3, 0.4) is 0 Å². The van der Waals surface area contributed by atoms with Gasteiger partial charge in [0.15, 0.2) is 0 Å². The highest BCUT2D eigenvalue weighted by Gasteiger charge is 2.59. The van der Waals surface area contributed by atoms with Gasteiger partial charge in [0.05, 0.1) is 28.1 Å². The predicted octanol–water partition coefficient (Wildman–Crippen LogP) is 20.0. The topological polar surface area (TPSA) is 33.5 Å². The second kappa shape index (κ2) is 19.2. The van der Waals surface area contributed by atoms with E-state index in [0.29, 0.717) is 18.5 Å². The molecule has 3 heterocycles. The normalized spacial score (nSPS) is 19.8. The van der Waals surface area contributed by atoms with Crippen molar-refractivity contribution in [2.24, 2.45) is 23.7 Å². The fraction of sp³-hybridized carbons (Fsp3) is 0.182. The number of pyridine rings is 1. The fourth-order valence-corrected chi connectivity index (χ4v) is 16.5. The molecule has 5 nitrogen and oxygen atoms in total. The Balaban J connectivity index is 0.835. The second-order valence-electron chi connectivity index (χ2n) is 24.1. The molecule has 0 amide bonds. The van der Waals surface area contributed by atoms with Crippen LogP contribution in [0.1, 0.15) is 59.9 Å². The number of aromatic nitrogens is 2. The lowest BCUT2D eigenvalue weighted by molar-refractivity contribution is -0.0412. The Morgan fingerprint density at radius 1 is 0.463 bits per heavy atom. The molecule has 12 aromatic rings. The van der Waals surface area contributed by atoms with E-state index < -0.39 is 0 Å². The zero-order chi connectivity index (χ0) is 54.6. The van der Waals surface area contributed by atoms with E-state index in [4.69, 9.17) is 9.72 Å². The average molecular weight is 1060 g/mol. The first-order valence-electron chi connectivity index (χ1n) is 29.6. The van der Waals surface area contributed by atoms with Gasteiger partial charge in [-0.1, -0.05) is 169 Å². The van der Waals surface area contributed by atoms with Crippen molar-refractivity contribution >= 4 is 55.3 Å². The Morgan fingerprint density at radius 2 is 1.07 bits per heavy atom. The minimum absolute atomic E-state index is 0.0990. The molecule has 4 bridgehead atoms. The van der Waals surface area contributed by atoms with Crippen LogP contribution in [0.2, 0.25) is 0 Å². The number of fused-ring (bicyclic) bond motifs is 5. The lowest BCUT2D eigenvalue weighted by Gasteiger charge is -2.62. The van der Waals surface area contributed by atoms with Crippen LogP contribution in [-0.2, 0) is 5.41 Å². The van der Waals surface area contributed by atoms with Crippen molar-refractivity contribution in [1.29, 1.82) is 0 Å². The molecule has 0 saturated heterocycles. The summed E-state index contributed by atoms with van der Waals surface area (Å²) in [6.07, 6.45) is 8.72. The van der Waals surface area contributed by atoms with Crippen molar-refractivity contribution in [2.75, 3.05) is 16.5 Å². The van der Waals surface area contributed by atoms with Crippen molar-refractivity contribution < 1.29 is 4.74 Å². The number of aryl methyl sites for hydroxylation is 3. The fourth-order valence-electron chi connectivity index (χ4n) is 16.5. The zero-order valence-electron chi connectivity index (χ0n) is 46.8. The third-order valence-electron chi connectivity index (χ3n) is 19.4. The first-order valence-corrected chi connectivity index (χ1v) is 29.6. The number of para-hydroxylation sites is 4. The first kappa shape index (κ1) is 48.7. The molecule has 5 aliphatic rings. The minimum Gasteiger partial charge on any atom is -0.457 e. The maximum atomic E-state index is 7.32. The summed E-state index contributed by atoms with van der Waals surface area (Å²) >= 11 is 0. The molecule has 4 fully saturated rings. The molecule has 17 rings (SSSR count). The molecule has 0 atom stereocenters. The van der Waals surface area contributed by atoms with Gasteiger partial charge in [0, 0.05) is 51.3 Å². The van der Waals surface area contributed by atoms with Crippen LogP contribution in [0.25, 0.3) is 71.8 Å². The van der Waals surface area contributed by atoms with Gasteiger partial charge < -0.3 is 14.5 Å². The van der Waals surface area contributed by atoms with Crippen molar-refractivity contribution in [2.45, 2.75) is 58.3 Å². The molecule has 0 spiro atoms. The zero-order valence-corrected chi connectivity index (χ0v) is 46.8. The largest absolute Gasteiger partial charge is 0.457 e. The molecule has 1 aliphatic heterocycles. The summed E-state index contributed by atoms with van der Waals surface area (Å²) < 4.78 is 9.72. The molecule has 82 heavy (non-hydrogen) atoms. The van der Waals surface area contributed by atoms with Gasteiger partial charge in [-0.05, 0) is 186 Å². The van der Waals surface area contributed by atoms with Crippen LogP contribution >= 0.6 is 0 Å². The molecule has 0 N–H and O–H groups in total. The highest BCUT2D eigenvalue weighted by atomic mass is 16.5. The van der Waals surface area contributed by atoms with E-state index in [1.54, 1.807) is 0 Å². The number of benzene rings is 10. The molecule has 398 valence electrons. The first-order chi connectivity index (χ1) is 40.3. The van der Waals surface area contributed by atoms with Gasteiger partial charge in [0.1, 0.15) is 24.0 Å². The van der Waals surface area contributed by atoms with Gasteiger partial charge in [0.2, 0.25) is 0 Å². The Bertz CT molecular complexity index is 4370. The average Bonchev–Trinajstić information content (AvgIpc) is 2.23. The molecule has 4 saturated carbocycles. The number of anilines is 4. The van der Waals surface area contributed by atoms with E-state index in [-0.39, 0.29) is 5.41 Å². The summed E-state index contributed by atoms with van der Waals surface area (Å²) in [6.45, 7) is 7.27.